The summed E-state index contributed by atoms with van der Waals surface area (Å²) in [6.45, 7) is 6.70. The lowest BCUT2D eigenvalue weighted by molar-refractivity contribution is -0.120. The first-order chi connectivity index (χ1) is 16.2. The van der Waals surface area contributed by atoms with Gasteiger partial charge in [0, 0.05) is 24.3 Å². The van der Waals surface area contributed by atoms with Gasteiger partial charge >= 0.3 is 0 Å². The number of carbonyl (C=O) groups is 1. The summed E-state index contributed by atoms with van der Waals surface area (Å²) in [6.07, 6.45) is 0. The molecule has 0 saturated carbocycles. The molecule has 1 aliphatic heterocycles. The Morgan fingerprint density at radius 2 is 1.85 bits per heavy atom. The third kappa shape index (κ3) is 4.24. The van der Waals surface area contributed by atoms with E-state index in [9.17, 15) is 13.2 Å². The fourth-order valence-corrected chi connectivity index (χ4v) is 5.74. The highest BCUT2D eigenvalue weighted by atomic mass is 32.2. The van der Waals surface area contributed by atoms with Crippen molar-refractivity contribution in [3.63, 3.8) is 0 Å². The third-order valence-electron chi connectivity index (χ3n) is 5.87. The molecule has 2 aromatic carbocycles. The number of rotatable bonds is 6. The highest BCUT2D eigenvalue weighted by Gasteiger charge is 2.34. The van der Waals surface area contributed by atoms with Crippen LogP contribution >= 0.6 is 11.3 Å². The first kappa shape index (κ1) is 22.4. The Morgan fingerprint density at radius 3 is 2.53 bits per heavy atom. The van der Waals surface area contributed by atoms with Crippen molar-refractivity contribution < 1.29 is 17.7 Å². The number of nitrogens with zero attached hydrogens (tertiary/aromatic N) is 3. The number of thiazole rings is 1. The van der Waals surface area contributed by atoms with Gasteiger partial charge < -0.3 is 14.7 Å². The number of amides is 1. The van der Waals surface area contributed by atoms with Crippen molar-refractivity contribution in [2.24, 2.45) is 5.92 Å². The molecular weight excluding hydrogens is 474 g/mol. The number of hydrogen-bond acceptors (Lipinski definition) is 8. The van der Waals surface area contributed by atoms with Gasteiger partial charge in [-0.3, -0.25) is 4.79 Å². The van der Waals surface area contributed by atoms with Crippen LogP contribution < -0.4 is 14.9 Å². The minimum absolute atomic E-state index is 0.0554. The van der Waals surface area contributed by atoms with Crippen molar-refractivity contribution in [1.29, 1.82) is 0 Å². The van der Waals surface area contributed by atoms with Gasteiger partial charge in [0.1, 0.15) is 0 Å². The second-order valence-electron chi connectivity index (χ2n) is 8.41. The average molecular weight is 498 g/mol. The van der Waals surface area contributed by atoms with Gasteiger partial charge in [0.25, 0.3) is 10.0 Å². The van der Waals surface area contributed by atoms with E-state index in [1.807, 2.05) is 12.1 Å². The number of aryl methyl sites for hydroxylation is 2. The van der Waals surface area contributed by atoms with E-state index < -0.39 is 10.0 Å². The number of fused-ring (bicyclic) bond motifs is 1. The monoisotopic (exact) mass is 497 g/mol. The summed E-state index contributed by atoms with van der Waals surface area (Å²) in [7, 11) is -3.84. The molecule has 34 heavy (non-hydrogen) atoms. The van der Waals surface area contributed by atoms with Crippen molar-refractivity contribution in [2.45, 2.75) is 25.7 Å². The molecule has 1 saturated heterocycles. The Labute approximate surface area is 200 Å². The molecule has 176 valence electrons. The second kappa shape index (κ2) is 8.41. The number of anilines is 3. The van der Waals surface area contributed by atoms with Crippen molar-refractivity contribution in [1.82, 2.24) is 10.1 Å². The van der Waals surface area contributed by atoms with Gasteiger partial charge in [-0.1, -0.05) is 22.6 Å². The van der Waals surface area contributed by atoms with Crippen LogP contribution in [0.4, 0.5) is 16.7 Å². The van der Waals surface area contributed by atoms with E-state index in [4.69, 9.17) is 4.52 Å². The van der Waals surface area contributed by atoms with Gasteiger partial charge in [0.05, 0.1) is 26.7 Å². The van der Waals surface area contributed by atoms with Gasteiger partial charge in [0.15, 0.2) is 5.13 Å². The fourth-order valence-electron chi connectivity index (χ4n) is 3.61. The number of hydrogen-bond donors (Lipinski definition) is 2. The molecule has 4 aromatic rings. The zero-order chi connectivity index (χ0) is 24.0. The molecule has 3 heterocycles. The molecule has 2 aromatic heterocycles. The minimum atomic E-state index is -3.84. The molecule has 5 rings (SSSR count). The normalized spacial score (nSPS) is 14.3. The average Bonchev–Trinajstić information content (AvgIpc) is 3.30. The number of benzene rings is 2. The quantitative estimate of drug-likeness (QED) is 0.412. The molecule has 11 heteroatoms. The van der Waals surface area contributed by atoms with Crippen LogP contribution in [0.15, 0.2) is 51.9 Å². The first-order valence-corrected chi connectivity index (χ1v) is 13.0. The minimum Gasteiger partial charge on any atom is -0.346 e. The van der Waals surface area contributed by atoms with E-state index in [0.717, 1.165) is 15.3 Å². The number of sulfonamides is 1. The van der Waals surface area contributed by atoms with Gasteiger partial charge in [0.2, 0.25) is 11.8 Å². The molecule has 1 fully saturated rings. The maximum Gasteiger partial charge on any atom is 0.264 e. The van der Waals surface area contributed by atoms with Gasteiger partial charge in [-0.05, 0) is 62.7 Å². The standard InChI is InChI=1S/C23H23N5O4S2/c1-13-4-9-19-20(10-13)33-23(25-19)28-11-16(12-28)21(29)24-17-5-7-18(8-6-17)34(30,31)27-22-14(2)15(3)26-32-22/h4-10,16,27H,11-12H2,1-3H3,(H,24,29). The molecule has 1 amide bonds. The predicted molar refractivity (Wildman–Crippen MR) is 132 cm³/mol. The SMILES string of the molecule is Cc1ccc2nc(N3CC(C(=O)Nc4ccc(S(=O)(=O)Nc5onc(C)c5C)cc4)C3)sc2c1. The van der Waals surface area contributed by atoms with Crippen LogP contribution in [0.5, 0.6) is 0 Å². The maximum atomic E-state index is 12.6. The van der Waals surface area contributed by atoms with E-state index in [1.54, 1.807) is 37.3 Å². The lowest BCUT2D eigenvalue weighted by Gasteiger charge is -2.37. The summed E-state index contributed by atoms with van der Waals surface area (Å²) in [4.78, 5) is 19.5. The van der Waals surface area contributed by atoms with Gasteiger partial charge in [-0.15, -0.1) is 0 Å². The highest BCUT2D eigenvalue weighted by molar-refractivity contribution is 7.92. The van der Waals surface area contributed by atoms with Crippen LogP contribution in [0.2, 0.25) is 0 Å². The Balaban J connectivity index is 1.19. The van der Waals surface area contributed by atoms with E-state index >= 15 is 0 Å². The second-order valence-corrected chi connectivity index (χ2v) is 11.1. The molecule has 0 radical (unpaired) electrons. The number of carbonyl (C=O) groups excluding carboxylic acids is 1. The molecule has 0 spiro atoms. The lowest BCUT2D eigenvalue weighted by Crippen LogP contribution is -2.52. The lowest BCUT2D eigenvalue weighted by atomic mass is 10.00. The Morgan fingerprint density at radius 1 is 1.12 bits per heavy atom. The summed E-state index contributed by atoms with van der Waals surface area (Å²) in [5.74, 6) is -0.168. The van der Waals surface area contributed by atoms with E-state index in [2.05, 4.69) is 38.1 Å². The molecule has 0 unspecified atom stereocenters. The van der Waals surface area contributed by atoms with Crippen LogP contribution in [0.25, 0.3) is 10.2 Å². The summed E-state index contributed by atoms with van der Waals surface area (Å²) < 4.78 is 33.8. The van der Waals surface area contributed by atoms with E-state index in [-0.39, 0.29) is 22.6 Å². The zero-order valence-electron chi connectivity index (χ0n) is 18.8. The highest BCUT2D eigenvalue weighted by Crippen LogP contribution is 2.33. The van der Waals surface area contributed by atoms with Gasteiger partial charge in [-0.2, -0.15) is 0 Å². The molecule has 1 aliphatic rings. The van der Waals surface area contributed by atoms with E-state index in [0.29, 0.717) is 30.0 Å². The third-order valence-corrected chi connectivity index (χ3v) is 8.30. The molecular formula is C23H23N5O4S2. The topological polar surface area (TPSA) is 117 Å². The van der Waals surface area contributed by atoms with Crippen LogP contribution in [0.1, 0.15) is 16.8 Å². The molecule has 9 nitrogen and oxygen atoms in total. The summed E-state index contributed by atoms with van der Waals surface area (Å²) >= 11 is 1.63. The Hall–Kier alpha value is -3.44. The van der Waals surface area contributed by atoms with Crippen molar-refractivity contribution in [2.75, 3.05) is 28.0 Å². The van der Waals surface area contributed by atoms with Crippen LogP contribution in [0, 0.1) is 26.7 Å². The Kier molecular flexibility index (Phi) is 5.53. The van der Waals surface area contributed by atoms with Crippen molar-refractivity contribution in [3.8, 4) is 0 Å². The molecule has 0 bridgehead atoms. The molecule has 0 aliphatic carbocycles. The fraction of sp³-hybridized carbons (Fsp3) is 0.261. The smallest absolute Gasteiger partial charge is 0.264 e. The predicted octanol–water partition coefficient (Wildman–Crippen LogP) is 4.09. The summed E-state index contributed by atoms with van der Waals surface area (Å²) in [5.41, 5.74) is 3.94. The maximum absolute atomic E-state index is 12.6. The van der Waals surface area contributed by atoms with Crippen LogP contribution in [-0.2, 0) is 14.8 Å². The van der Waals surface area contributed by atoms with Crippen LogP contribution in [-0.4, -0.2) is 37.6 Å². The zero-order valence-corrected chi connectivity index (χ0v) is 20.5. The van der Waals surface area contributed by atoms with Crippen molar-refractivity contribution in [3.05, 3.63) is 59.3 Å². The Bertz CT molecular complexity index is 1490. The van der Waals surface area contributed by atoms with Crippen LogP contribution in [0.3, 0.4) is 0 Å². The summed E-state index contributed by atoms with van der Waals surface area (Å²) in [6, 6.07) is 12.2. The number of aromatic nitrogens is 2. The largest absolute Gasteiger partial charge is 0.346 e. The number of nitrogens with one attached hydrogen (secondary N) is 2. The van der Waals surface area contributed by atoms with E-state index in [1.165, 1.54) is 17.7 Å². The van der Waals surface area contributed by atoms with Gasteiger partial charge in [-0.25, -0.2) is 18.1 Å². The molecule has 0 atom stereocenters. The molecule has 2 N–H and O–H groups in total. The van der Waals surface area contributed by atoms with Crippen molar-refractivity contribution >= 4 is 54.2 Å². The summed E-state index contributed by atoms with van der Waals surface area (Å²) in [5, 5.41) is 7.54. The first-order valence-electron chi connectivity index (χ1n) is 10.7.